The first-order chi connectivity index (χ1) is 10.6. The summed E-state index contributed by atoms with van der Waals surface area (Å²) in [5.41, 5.74) is 2.16. The SMILES string of the molecule is COc1ccc(CCCC(=O)Nc2cccc(F)c2C)cc1. The maximum absolute atomic E-state index is 13.4. The molecule has 0 aliphatic heterocycles. The van der Waals surface area contributed by atoms with Gasteiger partial charge in [-0.2, -0.15) is 0 Å². The van der Waals surface area contributed by atoms with Crippen LogP contribution in [-0.4, -0.2) is 13.0 Å². The number of rotatable bonds is 6. The molecule has 0 aliphatic carbocycles. The van der Waals surface area contributed by atoms with Gasteiger partial charge >= 0.3 is 0 Å². The fraction of sp³-hybridized carbons (Fsp3) is 0.278. The third-order valence-corrected chi connectivity index (χ3v) is 3.57. The molecule has 2 aromatic rings. The number of halogens is 1. The van der Waals surface area contributed by atoms with Crippen molar-refractivity contribution in [1.29, 1.82) is 0 Å². The Morgan fingerprint density at radius 1 is 1.18 bits per heavy atom. The highest BCUT2D eigenvalue weighted by Crippen LogP contribution is 2.18. The van der Waals surface area contributed by atoms with Crippen LogP contribution in [0.25, 0.3) is 0 Å². The normalized spacial score (nSPS) is 10.3. The van der Waals surface area contributed by atoms with E-state index in [1.807, 2.05) is 24.3 Å². The van der Waals surface area contributed by atoms with Gasteiger partial charge in [0.05, 0.1) is 7.11 Å². The second kappa shape index (κ2) is 7.59. The van der Waals surface area contributed by atoms with Gasteiger partial charge in [-0.05, 0) is 49.6 Å². The van der Waals surface area contributed by atoms with Crippen molar-refractivity contribution in [3.63, 3.8) is 0 Å². The quantitative estimate of drug-likeness (QED) is 0.872. The Balaban J connectivity index is 1.81. The van der Waals surface area contributed by atoms with E-state index in [4.69, 9.17) is 4.74 Å². The van der Waals surface area contributed by atoms with Gasteiger partial charge in [0.15, 0.2) is 0 Å². The highest BCUT2D eigenvalue weighted by Gasteiger charge is 2.07. The lowest BCUT2D eigenvalue weighted by atomic mass is 10.1. The second-order valence-corrected chi connectivity index (χ2v) is 5.16. The maximum atomic E-state index is 13.4. The molecule has 0 aromatic heterocycles. The van der Waals surface area contributed by atoms with Crippen LogP contribution in [-0.2, 0) is 11.2 Å². The fourth-order valence-electron chi connectivity index (χ4n) is 2.20. The van der Waals surface area contributed by atoms with Crippen LogP contribution >= 0.6 is 0 Å². The van der Waals surface area contributed by atoms with E-state index in [0.29, 0.717) is 17.7 Å². The van der Waals surface area contributed by atoms with Gasteiger partial charge in [-0.3, -0.25) is 4.79 Å². The number of benzene rings is 2. The van der Waals surface area contributed by atoms with Crippen molar-refractivity contribution in [2.45, 2.75) is 26.2 Å². The average Bonchev–Trinajstić information content (AvgIpc) is 2.52. The van der Waals surface area contributed by atoms with Crippen LogP contribution in [0.3, 0.4) is 0 Å². The lowest BCUT2D eigenvalue weighted by Gasteiger charge is -2.09. The number of ether oxygens (including phenoxy) is 1. The van der Waals surface area contributed by atoms with Gasteiger partial charge in [0, 0.05) is 17.7 Å². The highest BCUT2D eigenvalue weighted by atomic mass is 19.1. The molecular formula is C18H20FNO2. The first-order valence-electron chi connectivity index (χ1n) is 7.28. The summed E-state index contributed by atoms with van der Waals surface area (Å²) in [6, 6.07) is 12.5. The maximum Gasteiger partial charge on any atom is 0.224 e. The number of carbonyl (C=O) groups excluding carboxylic acids is 1. The predicted octanol–water partition coefficient (Wildman–Crippen LogP) is 4.10. The van der Waals surface area contributed by atoms with E-state index in [2.05, 4.69) is 5.32 Å². The molecule has 116 valence electrons. The van der Waals surface area contributed by atoms with E-state index in [9.17, 15) is 9.18 Å². The molecule has 2 rings (SSSR count). The molecule has 0 spiro atoms. The molecule has 1 amide bonds. The zero-order valence-electron chi connectivity index (χ0n) is 12.9. The van der Waals surface area contributed by atoms with Crippen molar-refractivity contribution in [1.82, 2.24) is 0 Å². The first-order valence-corrected chi connectivity index (χ1v) is 7.28. The minimum Gasteiger partial charge on any atom is -0.497 e. The van der Waals surface area contributed by atoms with E-state index in [-0.39, 0.29) is 11.7 Å². The smallest absolute Gasteiger partial charge is 0.224 e. The predicted molar refractivity (Wildman–Crippen MR) is 85.7 cm³/mol. The van der Waals surface area contributed by atoms with Crippen molar-refractivity contribution in [3.8, 4) is 5.75 Å². The summed E-state index contributed by atoms with van der Waals surface area (Å²) in [7, 11) is 1.63. The molecule has 0 heterocycles. The Kier molecular flexibility index (Phi) is 5.53. The van der Waals surface area contributed by atoms with E-state index < -0.39 is 0 Å². The second-order valence-electron chi connectivity index (χ2n) is 5.16. The van der Waals surface area contributed by atoms with Crippen LogP contribution in [0.2, 0.25) is 0 Å². The molecule has 4 heteroatoms. The fourth-order valence-corrected chi connectivity index (χ4v) is 2.20. The molecular weight excluding hydrogens is 281 g/mol. The van der Waals surface area contributed by atoms with Gasteiger partial charge in [-0.25, -0.2) is 4.39 Å². The number of amides is 1. The standard InChI is InChI=1S/C18H20FNO2/c1-13-16(19)6-4-7-17(13)20-18(21)8-3-5-14-9-11-15(22-2)12-10-14/h4,6-7,9-12H,3,5,8H2,1-2H3,(H,20,21). The third kappa shape index (κ3) is 4.32. The van der Waals surface area contributed by atoms with Crippen LogP contribution in [0.4, 0.5) is 10.1 Å². The van der Waals surface area contributed by atoms with Crippen molar-refractivity contribution in [3.05, 3.63) is 59.4 Å². The zero-order valence-corrected chi connectivity index (χ0v) is 12.9. The molecule has 0 saturated heterocycles. The van der Waals surface area contributed by atoms with Crippen molar-refractivity contribution in [2.75, 3.05) is 12.4 Å². The lowest BCUT2D eigenvalue weighted by Crippen LogP contribution is -2.12. The molecule has 0 aliphatic rings. The summed E-state index contributed by atoms with van der Waals surface area (Å²) in [6.45, 7) is 1.66. The van der Waals surface area contributed by atoms with E-state index in [0.717, 1.165) is 24.2 Å². The van der Waals surface area contributed by atoms with E-state index in [1.54, 1.807) is 26.2 Å². The zero-order chi connectivity index (χ0) is 15.9. The molecule has 22 heavy (non-hydrogen) atoms. The van der Waals surface area contributed by atoms with Gasteiger partial charge < -0.3 is 10.1 Å². The highest BCUT2D eigenvalue weighted by molar-refractivity contribution is 5.91. The van der Waals surface area contributed by atoms with E-state index in [1.165, 1.54) is 6.07 Å². The number of hydrogen-bond donors (Lipinski definition) is 1. The monoisotopic (exact) mass is 301 g/mol. The van der Waals surface area contributed by atoms with Crippen LogP contribution in [0, 0.1) is 12.7 Å². The molecule has 0 atom stereocenters. The van der Waals surface area contributed by atoms with Gasteiger partial charge in [0.25, 0.3) is 0 Å². The summed E-state index contributed by atoms with van der Waals surface area (Å²) in [4.78, 5) is 11.9. The lowest BCUT2D eigenvalue weighted by molar-refractivity contribution is -0.116. The summed E-state index contributed by atoms with van der Waals surface area (Å²) in [5.74, 6) is 0.418. The summed E-state index contributed by atoms with van der Waals surface area (Å²) < 4.78 is 18.5. The number of methoxy groups -OCH3 is 1. The van der Waals surface area contributed by atoms with Gasteiger partial charge in [0.2, 0.25) is 5.91 Å². The Morgan fingerprint density at radius 2 is 1.91 bits per heavy atom. The molecule has 2 aromatic carbocycles. The summed E-state index contributed by atoms with van der Waals surface area (Å²) >= 11 is 0. The van der Waals surface area contributed by atoms with Crippen molar-refractivity contribution in [2.24, 2.45) is 0 Å². The molecule has 0 fully saturated rings. The van der Waals surface area contributed by atoms with Crippen molar-refractivity contribution >= 4 is 11.6 Å². The summed E-state index contributed by atoms with van der Waals surface area (Å²) in [5, 5.41) is 2.76. The Morgan fingerprint density at radius 3 is 2.59 bits per heavy atom. The number of aryl methyl sites for hydroxylation is 1. The van der Waals surface area contributed by atoms with Gasteiger partial charge in [0.1, 0.15) is 11.6 Å². The van der Waals surface area contributed by atoms with Crippen LogP contribution in [0.1, 0.15) is 24.0 Å². The molecule has 0 radical (unpaired) electrons. The Labute approximate surface area is 130 Å². The molecule has 0 unspecified atom stereocenters. The minimum atomic E-state index is -0.309. The van der Waals surface area contributed by atoms with Crippen LogP contribution in [0.15, 0.2) is 42.5 Å². The molecule has 3 nitrogen and oxygen atoms in total. The first kappa shape index (κ1) is 16.0. The van der Waals surface area contributed by atoms with Gasteiger partial charge in [-0.15, -0.1) is 0 Å². The third-order valence-electron chi connectivity index (χ3n) is 3.57. The van der Waals surface area contributed by atoms with Crippen molar-refractivity contribution < 1.29 is 13.9 Å². The summed E-state index contributed by atoms with van der Waals surface area (Å²) in [6.07, 6.45) is 1.97. The largest absolute Gasteiger partial charge is 0.497 e. The number of hydrogen-bond acceptors (Lipinski definition) is 2. The van der Waals surface area contributed by atoms with Gasteiger partial charge in [-0.1, -0.05) is 18.2 Å². The number of nitrogens with one attached hydrogen (secondary N) is 1. The Bertz CT molecular complexity index is 638. The molecule has 0 saturated carbocycles. The Hall–Kier alpha value is -2.36. The number of anilines is 1. The van der Waals surface area contributed by atoms with E-state index >= 15 is 0 Å². The number of carbonyl (C=O) groups is 1. The molecule has 1 N–H and O–H groups in total. The van der Waals surface area contributed by atoms with Crippen LogP contribution < -0.4 is 10.1 Å². The topological polar surface area (TPSA) is 38.3 Å². The molecule has 0 bridgehead atoms. The minimum absolute atomic E-state index is 0.0952. The average molecular weight is 301 g/mol. The van der Waals surface area contributed by atoms with Crippen LogP contribution in [0.5, 0.6) is 5.75 Å².